The summed E-state index contributed by atoms with van der Waals surface area (Å²) in [6.07, 6.45) is 10.8. The molecule has 0 spiro atoms. The van der Waals surface area contributed by atoms with Crippen molar-refractivity contribution in [3.05, 3.63) is 36.3 Å². The Balaban J connectivity index is 1.27. The van der Waals surface area contributed by atoms with E-state index in [-0.39, 0.29) is 12.0 Å². The molecule has 1 amide bonds. The summed E-state index contributed by atoms with van der Waals surface area (Å²) in [4.78, 5) is 23.7. The van der Waals surface area contributed by atoms with Crippen molar-refractivity contribution in [1.29, 1.82) is 0 Å². The van der Waals surface area contributed by atoms with E-state index in [4.69, 9.17) is 0 Å². The largest absolute Gasteiger partial charge is 0.352 e. The van der Waals surface area contributed by atoms with Gasteiger partial charge in [-0.3, -0.25) is 9.79 Å². The number of rotatable bonds is 4. The summed E-state index contributed by atoms with van der Waals surface area (Å²) < 4.78 is 2.01. The Morgan fingerprint density at radius 1 is 1.25 bits per heavy atom. The number of aromatic nitrogens is 2. The SMILES string of the molecule is CN=C(NCc1cn2ccccc2n1)NC1CCN(C(=O)C2CCCCC2)C1. The van der Waals surface area contributed by atoms with Gasteiger partial charge in [-0.15, -0.1) is 0 Å². The van der Waals surface area contributed by atoms with Crippen molar-refractivity contribution < 1.29 is 4.79 Å². The van der Waals surface area contributed by atoms with Gasteiger partial charge in [-0.1, -0.05) is 25.3 Å². The molecule has 0 radical (unpaired) electrons. The maximum atomic E-state index is 12.7. The minimum atomic E-state index is 0.250. The molecular weight excluding hydrogens is 352 g/mol. The van der Waals surface area contributed by atoms with Gasteiger partial charge in [-0.2, -0.15) is 0 Å². The van der Waals surface area contributed by atoms with Crippen LogP contribution in [0.2, 0.25) is 0 Å². The van der Waals surface area contributed by atoms with Gasteiger partial charge in [0.15, 0.2) is 5.96 Å². The summed E-state index contributed by atoms with van der Waals surface area (Å²) in [6.45, 7) is 2.22. The number of fused-ring (bicyclic) bond motifs is 1. The van der Waals surface area contributed by atoms with Gasteiger partial charge in [0, 0.05) is 44.5 Å². The highest BCUT2D eigenvalue weighted by Crippen LogP contribution is 2.26. The smallest absolute Gasteiger partial charge is 0.225 e. The van der Waals surface area contributed by atoms with Crippen LogP contribution in [0.15, 0.2) is 35.6 Å². The van der Waals surface area contributed by atoms with E-state index in [1.165, 1.54) is 19.3 Å². The third kappa shape index (κ3) is 4.29. The van der Waals surface area contributed by atoms with E-state index in [2.05, 4.69) is 20.6 Å². The molecule has 7 heteroatoms. The zero-order valence-corrected chi connectivity index (χ0v) is 16.6. The van der Waals surface area contributed by atoms with E-state index in [1.54, 1.807) is 7.05 Å². The van der Waals surface area contributed by atoms with Gasteiger partial charge in [0.05, 0.1) is 12.2 Å². The van der Waals surface area contributed by atoms with E-state index in [0.717, 1.165) is 49.7 Å². The number of guanidine groups is 1. The molecule has 7 nitrogen and oxygen atoms in total. The lowest BCUT2D eigenvalue weighted by molar-refractivity contribution is -0.135. The first-order valence-corrected chi connectivity index (χ1v) is 10.4. The number of aliphatic imine (C=N–C) groups is 1. The van der Waals surface area contributed by atoms with Gasteiger partial charge < -0.3 is 19.9 Å². The minimum absolute atomic E-state index is 0.250. The first kappa shape index (κ1) is 18.8. The molecule has 1 saturated carbocycles. The Morgan fingerprint density at radius 2 is 2.11 bits per heavy atom. The zero-order chi connectivity index (χ0) is 19.3. The average molecular weight is 383 g/mol. The van der Waals surface area contributed by atoms with E-state index < -0.39 is 0 Å². The Morgan fingerprint density at radius 3 is 2.89 bits per heavy atom. The van der Waals surface area contributed by atoms with Gasteiger partial charge in [-0.05, 0) is 31.4 Å². The highest BCUT2D eigenvalue weighted by Gasteiger charge is 2.31. The molecule has 0 aromatic carbocycles. The number of carbonyl (C=O) groups excluding carboxylic acids is 1. The summed E-state index contributed by atoms with van der Waals surface area (Å²) >= 11 is 0. The summed E-state index contributed by atoms with van der Waals surface area (Å²) in [7, 11) is 1.78. The monoisotopic (exact) mass is 382 g/mol. The summed E-state index contributed by atoms with van der Waals surface area (Å²) in [5.41, 5.74) is 1.91. The topological polar surface area (TPSA) is 74.0 Å². The van der Waals surface area contributed by atoms with E-state index in [1.807, 2.05) is 39.9 Å². The normalized spacial score (nSPS) is 21.2. The molecule has 1 saturated heterocycles. The van der Waals surface area contributed by atoms with Crippen molar-refractivity contribution in [1.82, 2.24) is 24.9 Å². The molecule has 150 valence electrons. The number of imidazole rings is 1. The van der Waals surface area contributed by atoms with Gasteiger partial charge in [0.2, 0.25) is 5.91 Å². The Kier molecular flexibility index (Phi) is 5.78. The molecule has 2 aromatic heterocycles. The lowest BCUT2D eigenvalue weighted by Crippen LogP contribution is -2.45. The minimum Gasteiger partial charge on any atom is -0.352 e. The molecular formula is C21H30N6O. The number of hydrogen-bond acceptors (Lipinski definition) is 3. The number of amides is 1. The highest BCUT2D eigenvalue weighted by atomic mass is 16.2. The Labute approximate surface area is 166 Å². The first-order valence-electron chi connectivity index (χ1n) is 10.4. The van der Waals surface area contributed by atoms with Crippen LogP contribution in [0.3, 0.4) is 0 Å². The molecule has 2 fully saturated rings. The molecule has 28 heavy (non-hydrogen) atoms. The van der Waals surface area contributed by atoms with Crippen LogP contribution >= 0.6 is 0 Å². The van der Waals surface area contributed by atoms with Gasteiger partial charge in [-0.25, -0.2) is 4.98 Å². The number of nitrogens with zero attached hydrogens (tertiary/aromatic N) is 4. The molecule has 2 N–H and O–H groups in total. The molecule has 3 heterocycles. The lowest BCUT2D eigenvalue weighted by Gasteiger charge is -2.26. The predicted octanol–water partition coefficient (Wildman–Crippen LogP) is 2.18. The number of carbonyl (C=O) groups is 1. The fraction of sp³-hybridized carbons (Fsp3) is 0.571. The van der Waals surface area contributed by atoms with Gasteiger partial charge >= 0.3 is 0 Å². The Bertz CT molecular complexity index is 805. The van der Waals surface area contributed by atoms with Crippen molar-refractivity contribution in [3.8, 4) is 0 Å². The average Bonchev–Trinajstić information content (AvgIpc) is 3.37. The van der Waals surface area contributed by atoms with E-state index >= 15 is 0 Å². The number of hydrogen-bond donors (Lipinski definition) is 2. The lowest BCUT2D eigenvalue weighted by atomic mass is 9.88. The standard InChI is InChI=1S/C21H30N6O/c1-22-21(23-13-18-15-26-11-6-5-9-19(26)24-18)25-17-10-12-27(14-17)20(28)16-7-3-2-4-8-16/h5-6,9,11,15-17H,2-4,7-8,10,12-14H2,1H3,(H2,22,23,25). The van der Waals surface area contributed by atoms with Crippen LogP contribution in [0.4, 0.5) is 0 Å². The molecule has 1 atom stereocenters. The number of likely N-dealkylation sites (tertiary alicyclic amines) is 1. The van der Waals surface area contributed by atoms with Crippen LogP contribution in [-0.2, 0) is 11.3 Å². The van der Waals surface area contributed by atoms with Crippen LogP contribution in [-0.4, -0.2) is 52.3 Å². The third-order valence-electron chi connectivity index (χ3n) is 5.87. The van der Waals surface area contributed by atoms with Crippen LogP contribution in [0, 0.1) is 5.92 Å². The number of nitrogens with one attached hydrogen (secondary N) is 2. The number of pyridine rings is 1. The van der Waals surface area contributed by atoms with Crippen LogP contribution in [0.1, 0.15) is 44.2 Å². The van der Waals surface area contributed by atoms with Crippen LogP contribution in [0.5, 0.6) is 0 Å². The second-order valence-electron chi connectivity index (χ2n) is 7.87. The van der Waals surface area contributed by atoms with Crippen molar-refractivity contribution in [2.75, 3.05) is 20.1 Å². The van der Waals surface area contributed by atoms with Gasteiger partial charge in [0.1, 0.15) is 5.65 Å². The molecule has 1 aliphatic carbocycles. The molecule has 1 unspecified atom stereocenters. The quantitative estimate of drug-likeness (QED) is 0.628. The first-order chi connectivity index (χ1) is 13.7. The van der Waals surface area contributed by atoms with E-state index in [0.29, 0.717) is 12.5 Å². The maximum Gasteiger partial charge on any atom is 0.225 e. The molecule has 1 aliphatic heterocycles. The Hall–Kier alpha value is -2.57. The molecule has 4 rings (SSSR count). The summed E-state index contributed by atoms with van der Waals surface area (Å²) in [6, 6.07) is 6.22. The molecule has 2 aliphatic rings. The summed E-state index contributed by atoms with van der Waals surface area (Å²) in [5.74, 6) is 1.37. The van der Waals surface area contributed by atoms with Crippen molar-refractivity contribution in [3.63, 3.8) is 0 Å². The fourth-order valence-corrected chi connectivity index (χ4v) is 4.32. The summed E-state index contributed by atoms with van der Waals surface area (Å²) in [5, 5.41) is 6.81. The molecule has 2 aromatic rings. The highest BCUT2D eigenvalue weighted by molar-refractivity contribution is 5.81. The van der Waals surface area contributed by atoms with E-state index in [9.17, 15) is 4.79 Å². The third-order valence-corrected chi connectivity index (χ3v) is 5.87. The van der Waals surface area contributed by atoms with Gasteiger partial charge in [0.25, 0.3) is 0 Å². The second-order valence-corrected chi connectivity index (χ2v) is 7.87. The predicted molar refractivity (Wildman–Crippen MR) is 110 cm³/mol. The van der Waals surface area contributed by atoms with Crippen LogP contribution < -0.4 is 10.6 Å². The molecule has 0 bridgehead atoms. The fourth-order valence-electron chi connectivity index (χ4n) is 4.32. The second kappa shape index (κ2) is 8.63. The van der Waals surface area contributed by atoms with Crippen LogP contribution in [0.25, 0.3) is 5.65 Å². The maximum absolute atomic E-state index is 12.7. The zero-order valence-electron chi connectivity index (χ0n) is 16.6. The van der Waals surface area contributed by atoms with Crippen molar-refractivity contribution in [2.24, 2.45) is 10.9 Å². The van der Waals surface area contributed by atoms with Crippen molar-refractivity contribution in [2.45, 2.75) is 51.1 Å². The van der Waals surface area contributed by atoms with Crippen molar-refractivity contribution >= 4 is 17.5 Å².